The number of carbonyl (C=O) groups excluding carboxylic acids is 1. The van der Waals surface area contributed by atoms with Gasteiger partial charge in [0, 0.05) is 23.8 Å². The number of nitrogens with one attached hydrogen (secondary N) is 2. The van der Waals surface area contributed by atoms with Crippen molar-refractivity contribution in [1.29, 1.82) is 0 Å². The Kier molecular flexibility index (Phi) is 5.87. The Labute approximate surface area is 116 Å². The summed E-state index contributed by atoms with van der Waals surface area (Å²) < 4.78 is 0. The zero-order valence-corrected chi connectivity index (χ0v) is 12.7. The Hall–Kier alpha value is -1.51. The number of carbonyl (C=O) groups is 1. The lowest BCUT2D eigenvalue weighted by atomic mass is 10.0. The van der Waals surface area contributed by atoms with E-state index in [1.807, 2.05) is 25.1 Å². The molecular formula is C16H26N2O. The molecule has 19 heavy (non-hydrogen) atoms. The van der Waals surface area contributed by atoms with Gasteiger partial charge < -0.3 is 10.6 Å². The molecule has 1 rings (SSSR count). The van der Waals surface area contributed by atoms with Gasteiger partial charge in [0.15, 0.2) is 0 Å². The van der Waals surface area contributed by atoms with Crippen LogP contribution in [0.4, 0.5) is 11.4 Å². The first-order chi connectivity index (χ1) is 8.92. The molecule has 0 radical (unpaired) electrons. The van der Waals surface area contributed by atoms with Crippen molar-refractivity contribution >= 4 is 17.3 Å². The summed E-state index contributed by atoms with van der Waals surface area (Å²) in [6, 6.07) is 6.42. The summed E-state index contributed by atoms with van der Waals surface area (Å²) in [6.45, 7) is 10.6. The van der Waals surface area contributed by atoms with E-state index in [1.54, 1.807) is 0 Å². The van der Waals surface area contributed by atoms with Crippen molar-refractivity contribution < 1.29 is 4.79 Å². The number of hydrogen-bond acceptors (Lipinski definition) is 2. The minimum atomic E-state index is 0.0463. The van der Waals surface area contributed by atoms with Gasteiger partial charge in [-0.1, -0.05) is 26.8 Å². The number of hydrogen-bond donors (Lipinski definition) is 2. The second kappa shape index (κ2) is 7.17. The maximum atomic E-state index is 11.4. The number of rotatable bonds is 6. The van der Waals surface area contributed by atoms with Crippen LogP contribution in [0.5, 0.6) is 0 Å². The van der Waals surface area contributed by atoms with E-state index in [1.165, 1.54) is 5.56 Å². The molecule has 3 nitrogen and oxygen atoms in total. The molecule has 3 heteroatoms. The third-order valence-corrected chi connectivity index (χ3v) is 3.07. The summed E-state index contributed by atoms with van der Waals surface area (Å²) in [6.07, 6.45) is 1.63. The topological polar surface area (TPSA) is 41.1 Å². The van der Waals surface area contributed by atoms with Gasteiger partial charge in [0.25, 0.3) is 0 Å². The molecule has 0 saturated carbocycles. The van der Waals surface area contributed by atoms with Crippen molar-refractivity contribution in [2.24, 2.45) is 5.92 Å². The fourth-order valence-corrected chi connectivity index (χ4v) is 2.14. The molecule has 0 heterocycles. The van der Waals surface area contributed by atoms with Crippen LogP contribution in [0, 0.1) is 12.8 Å². The molecule has 1 unspecified atom stereocenters. The molecule has 0 spiro atoms. The van der Waals surface area contributed by atoms with Crippen LogP contribution in [0.25, 0.3) is 0 Å². The molecule has 106 valence electrons. The molecular weight excluding hydrogens is 236 g/mol. The fraction of sp³-hybridized carbons (Fsp3) is 0.562. The Morgan fingerprint density at radius 3 is 2.53 bits per heavy atom. The van der Waals surface area contributed by atoms with Crippen LogP contribution in [0.2, 0.25) is 0 Å². The summed E-state index contributed by atoms with van der Waals surface area (Å²) in [7, 11) is 0. The van der Waals surface area contributed by atoms with Crippen LogP contribution in [0.15, 0.2) is 18.2 Å². The molecule has 0 aliphatic carbocycles. The van der Waals surface area contributed by atoms with Gasteiger partial charge in [0.2, 0.25) is 5.91 Å². The van der Waals surface area contributed by atoms with Crippen LogP contribution in [-0.4, -0.2) is 11.9 Å². The fourth-order valence-electron chi connectivity index (χ4n) is 2.14. The van der Waals surface area contributed by atoms with Crippen LogP contribution in [0.3, 0.4) is 0 Å². The highest BCUT2D eigenvalue weighted by Gasteiger charge is 2.08. The zero-order chi connectivity index (χ0) is 14.4. The van der Waals surface area contributed by atoms with Crippen LogP contribution in [-0.2, 0) is 4.79 Å². The van der Waals surface area contributed by atoms with Crippen LogP contribution >= 0.6 is 0 Å². The lowest BCUT2D eigenvalue weighted by molar-refractivity contribution is -0.115. The third-order valence-electron chi connectivity index (χ3n) is 3.07. The van der Waals surface area contributed by atoms with Gasteiger partial charge in [-0.25, -0.2) is 0 Å². The molecule has 1 amide bonds. The summed E-state index contributed by atoms with van der Waals surface area (Å²) in [5.74, 6) is 0.718. The van der Waals surface area contributed by atoms with Crippen molar-refractivity contribution in [2.75, 3.05) is 10.6 Å². The Morgan fingerprint density at radius 1 is 1.26 bits per heavy atom. The largest absolute Gasteiger partial charge is 0.382 e. The maximum absolute atomic E-state index is 11.4. The van der Waals surface area contributed by atoms with Crippen molar-refractivity contribution in [1.82, 2.24) is 0 Å². The lowest BCUT2D eigenvalue weighted by Gasteiger charge is -2.19. The van der Waals surface area contributed by atoms with Crippen molar-refractivity contribution in [2.45, 2.75) is 53.5 Å². The Bertz CT molecular complexity index is 427. The van der Waals surface area contributed by atoms with Crippen LogP contribution < -0.4 is 10.6 Å². The molecule has 1 atom stereocenters. The second-order valence-corrected chi connectivity index (χ2v) is 5.61. The Balaban J connectivity index is 2.76. The molecule has 0 aromatic heterocycles. The van der Waals surface area contributed by atoms with Gasteiger partial charge in [0.1, 0.15) is 0 Å². The van der Waals surface area contributed by atoms with E-state index in [4.69, 9.17) is 0 Å². The monoisotopic (exact) mass is 262 g/mol. The first-order valence-electron chi connectivity index (χ1n) is 7.09. The average molecular weight is 262 g/mol. The quantitative estimate of drug-likeness (QED) is 0.807. The van der Waals surface area contributed by atoms with E-state index in [9.17, 15) is 4.79 Å². The standard InChI is InChI=1S/C16H26N2O/c1-6-16(19)18-14-8-7-12(4)15(10-14)17-13(5)9-11(2)3/h7-8,10-11,13,17H,6,9H2,1-5H3,(H,18,19). The predicted molar refractivity (Wildman–Crippen MR) is 82.6 cm³/mol. The maximum Gasteiger partial charge on any atom is 0.224 e. The summed E-state index contributed by atoms with van der Waals surface area (Å²) in [4.78, 5) is 11.4. The minimum absolute atomic E-state index is 0.0463. The molecule has 0 aliphatic heterocycles. The molecule has 0 saturated heterocycles. The average Bonchev–Trinajstić information content (AvgIpc) is 2.32. The molecule has 1 aromatic carbocycles. The van der Waals surface area contributed by atoms with Gasteiger partial charge in [-0.2, -0.15) is 0 Å². The van der Waals surface area contributed by atoms with Gasteiger partial charge in [-0.3, -0.25) is 4.79 Å². The van der Waals surface area contributed by atoms with Gasteiger partial charge in [-0.15, -0.1) is 0 Å². The van der Waals surface area contributed by atoms with E-state index in [2.05, 4.69) is 38.3 Å². The van der Waals surface area contributed by atoms with Gasteiger partial charge >= 0.3 is 0 Å². The second-order valence-electron chi connectivity index (χ2n) is 5.61. The number of benzene rings is 1. The van der Waals surface area contributed by atoms with Gasteiger partial charge in [0.05, 0.1) is 0 Å². The van der Waals surface area contributed by atoms with E-state index in [0.29, 0.717) is 18.4 Å². The molecule has 2 N–H and O–H groups in total. The number of anilines is 2. The highest BCUT2D eigenvalue weighted by atomic mass is 16.1. The van der Waals surface area contributed by atoms with E-state index < -0.39 is 0 Å². The SMILES string of the molecule is CCC(=O)Nc1ccc(C)c(NC(C)CC(C)C)c1. The third kappa shape index (κ3) is 5.33. The predicted octanol–water partition coefficient (Wildman–Crippen LogP) is 4.19. The smallest absolute Gasteiger partial charge is 0.224 e. The number of aryl methyl sites for hydroxylation is 1. The first kappa shape index (κ1) is 15.5. The van der Waals surface area contributed by atoms with E-state index in [0.717, 1.165) is 17.8 Å². The molecule has 0 aliphatic rings. The van der Waals surface area contributed by atoms with Crippen molar-refractivity contribution in [3.8, 4) is 0 Å². The minimum Gasteiger partial charge on any atom is -0.382 e. The lowest BCUT2D eigenvalue weighted by Crippen LogP contribution is -2.18. The normalized spacial score (nSPS) is 12.3. The summed E-state index contributed by atoms with van der Waals surface area (Å²) in [5.41, 5.74) is 3.16. The summed E-state index contributed by atoms with van der Waals surface area (Å²) >= 11 is 0. The van der Waals surface area contributed by atoms with Gasteiger partial charge in [-0.05, 0) is 43.9 Å². The number of amides is 1. The Morgan fingerprint density at radius 2 is 1.95 bits per heavy atom. The first-order valence-corrected chi connectivity index (χ1v) is 7.09. The summed E-state index contributed by atoms with van der Waals surface area (Å²) in [5, 5.41) is 6.42. The van der Waals surface area contributed by atoms with E-state index >= 15 is 0 Å². The molecule has 0 fully saturated rings. The zero-order valence-electron chi connectivity index (χ0n) is 12.7. The van der Waals surface area contributed by atoms with E-state index in [-0.39, 0.29) is 5.91 Å². The van der Waals surface area contributed by atoms with Crippen LogP contribution in [0.1, 0.15) is 46.1 Å². The highest BCUT2D eigenvalue weighted by Crippen LogP contribution is 2.22. The molecule has 0 bridgehead atoms. The van der Waals surface area contributed by atoms with Crippen molar-refractivity contribution in [3.63, 3.8) is 0 Å². The highest BCUT2D eigenvalue weighted by molar-refractivity contribution is 5.91. The van der Waals surface area contributed by atoms with Crippen molar-refractivity contribution in [3.05, 3.63) is 23.8 Å². The molecule has 1 aromatic rings.